The molecule has 5 rings (SSSR count). The van der Waals surface area contributed by atoms with Crippen molar-refractivity contribution in [3.8, 4) is 11.8 Å². The van der Waals surface area contributed by atoms with Gasteiger partial charge >= 0.3 is 6.18 Å². The van der Waals surface area contributed by atoms with Crippen LogP contribution in [-0.2, 0) is 26.4 Å². The summed E-state index contributed by atoms with van der Waals surface area (Å²) < 4.78 is 110. The highest BCUT2D eigenvalue weighted by Gasteiger charge is 2.38. The van der Waals surface area contributed by atoms with E-state index in [1.165, 1.54) is 13.0 Å². The van der Waals surface area contributed by atoms with E-state index < -0.39 is 59.1 Å². The zero-order valence-corrected chi connectivity index (χ0v) is 21.3. The Morgan fingerprint density at radius 3 is 2.38 bits per heavy atom. The number of hydrogen-bond donors (Lipinski definition) is 3. The minimum absolute atomic E-state index is 0.100. The second kappa shape index (κ2) is 8.95. The zero-order valence-electron chi connectivity index (χ0n) is 19.6. The van der Waals surface area contributed by atoms with Crippen molar-refractivity contribution in [2.45, 2.75) is 22.9 Å². The van der Waals surface area contributed by atoms with E-state index in [4.69, 9.17) is 0 Å². The van der Waals surface area contributed by atoms with Gasteiger partial charge in [-0.25, -0.2) is 14.2 Å². The minimum Gasteiger partial charge on any atom is -0.286 e. The third kappa shape index (κ3) is 4.47. The SMILES string of the molecule is Cc1nn(-c2cc(S(=O)(=O)O)ccc2S(=O)(=O)O)c(N=Nc2c(C(F)(F)F)[nH]n3c2nc2ccccc23)c1C#N. The third-order valence-corrected chi connectivity index (χ3v) is 7.39. The molecule has 0 amide bonds. The molecule has 0 aliphatic carbocycles. The number of aryl methyl sites for hydroxylation is 1. The molecule has 0 fully saturated rings. The van der Waals surface area contributed by atoms with Crippen LogP contribution < -0.4 is 0 Å². The molecule has 0 bridgehead atoms. The quantitative estimate of drug-likeness (QED) is 0.197. The number of hydrogen-bond acceptors (Lipinski definition) is 9. The molecule has 3 aromatic heterocycles. The van der Waals surface area contributed by atoms with E-state index in [2.05, 4.69) is 25.4 Å². The van der Waals surface area contributed by atoms with Gasteiger partial charge in [0.2, 0.25) is 0 Å². The van der Waals surface area contributed by atoms with Gasteiger partial charge in [-0.2, -0.15) is 40.4 Å². The molecule has 0 aliphatic rings. The minimum atomic E-state index is -5.06. The number of alkyl halides is 3. The second-order valence-corrected chi connectivity index (χ2v) is 11.0. The number of nitrogens with one attached hydrogen (secondary N) is 1. The van der Waals surface area contributed by atoms with Crippen LogP contribution in [0.25, 0.3) is 22.4 Å². The smallest absolute Gasteiger partial charge is 0.286 e. The number of aromatic amines is 1. The summed E-state index contributed by atoms with van der Waals surface area (Å²) in [5.74, 6) is -0.610. The highest BCUT2D eigenvalue weighted by molar-refractivity contribution is 7.86. The number of nitrogens with zero attached hydrogens (tertiary/aromatic N) is 7. The number of rotatable bonds is 5. The molecule has 2 aromatic carbocycles. The number of H-pyrrole nitrogens is 1. The summed E-state index contributed by atoms with van der Waals surface area (Å²) in [4.78, 5) is 2.43. The normalized spacial score (nSPS) is 13.0. The van der Waals surface area contributed by atoms with Gasteiger partial charge in [-0.3, -0.25) is 14.2 Å². The molecule has 40 heavy (non-hydrogen) atoms. The zero-order chi connectivity index (χ0) is 29.2. The molecule has 0 saturated heterocycles. The average molecular weight is 595 g/mol. The van der Waals surface area contributed by atoms with Crippen LogP contribution >= 0.6 is 0 Å². The molecule has 5 aromatic rings. The Morgan fingerprint density at radius 1 is 1.05 bits per heavy atom. The summed E-state index contributed by atoms with van der Waals surface area (Å²) in [7, 11) is -9.96. The van der Waals surface area contributed by atoms with Crippen LogP contribution in [0.15, 0.2) is 62.5 Å². The van der Waals surface area contributed by atoms with E-state index in [-0.39, 0.29) is 16.9 Å². The van der Waals surface area contributed by atoms with Gasteiger partial charge in [-0.1, -0.05) is 12.1 Å². The van der Waals surface area contributed by atoms with Gasteiger partial charge in [0, 0.05) is 0 Å². The first-order chi connectivity index (χ1) is 18.6. The van der Waals surface area contributed by atoms with Gasteiger partial charge in [0.15, 0.2) is 22.8 Å². The monoisotopic (exact) mass is 594 g/mol. The number of para-hydroxylation sites is 2. The number of azo groups is 1. The van der Waals surface area contributed by atoms with Crippen molar-refractivity contribution in [2.24, 2.45) is 10.2 Å². The summed E-state index contributed by atoms with van der Waals surface area (Å²) in [5, 5.41) is 23.3. The first kappa shape index (κ1) is 26.9. The van der Waals surface area contributed by atoms with Crippen molar-refractivity contribution in [3.05, 3.63) is 59.4 Å². The van der Waals surface area contributed by atoms with Crippen LogP contribution in [0.4, 0.5) is 24.7 Å². The Labute approximate surface area is 221 Å². The topological polar surface area (TPSA) is 208 Å². The fraction of sp³-hybridized carbons (Fsp3) is 0.0952. The van der Waals surface area contributed by atoms with Crippen LogP contribution in [0, 0.1) is 18.3 Å². The highest BCUT2D eigenvalue weighted by atomic mass is 32.2. The van der Waals surface area contributed by atoms with Crippen molar-refractivity contribution >= 4 is 48.4 Å². The summed E-state index contributed by atoms with van der Waals surface area (Å²) in [6, 6.07) is 9.93. The number of fused-ring (bicyclic) bond motifs is 3. The van der Waals surface area contributed by atoms with Gasteiger partial charge in [0.1, 0.15) is 16.5 Å². The standard InChI is InChI=1S/C21H13F3N8O6S2/c1-10-12(9-25)19(32(29-10)15-8-11(39(33,34)35)6-7-16(15)40(36,37)38)28-27-17-18(21(22,23)24)30-31-14-5-3-2-4-13(14)26-20(17)31/h2-8,30H,1H3,(H,33,34,35)(H,36,37,38). The van der Waals surface area contributed by atoms with Crippen LogP contribution in [0.5, 0.6) is 0 Å². The van der Waals surface area contributed by atoms with Crippen LogP contribution in [0.2, 0.25) is 0 Å². The Bertz CT molecular complexity index is 2140. The molecule has 0 radical (unpaired) electrons. The lowest BCUT2D eigenvalue weighted by Crippen LogP contribution is -2.09. The first-order valence-electron chi connectivity index (χ1n) is 10.7. The number of nitriles is 1. The van der Waals surface area contributed by atoms with E-state index in [1.807, 2.05) is 0 Å². The van der Waals surface area contributed by atoms with Crippen molar-refractivity contribution in [2.75, 3.05) is 0 Å². The Hall–Kier alpha value is -4.64. The van der Waals surface area contributed by atoms with E-state index in [1.54, 1.807) is 24.3 Å². The predicted octanol–water partition coefficient (Wildman–Crippen LogP) is 4.11. The molecule has 3 heterocycles. The largest absolute Gasteiger partial charge is 0.435 e. The number of aromatic nitrogens is 5. The maximum absolute atomic E-state index is 13.9. The molecular weight excluding hydrogens is 581 g/mol. The van der Waals surface area contributed by atoms with Gasteiger partial charge in [0.05, 0.1) is 27.3 Å². The highest BCUT2D eigenvalue weighted by Crippen LogP contribution is 2.40. The van der Waals surface area contributed by atoms with Gasteiger partial charge in [0.25, 0.3) is 20.2 Å². The molecule has 206 valence electrons. The molecule has 0 saturated carbocycles. The van der Waals surface area contributed by atoms with Crippen molar-refractivity contribution < 1.29 is 39.1 Å². The average Bonchev–Trinajstić information content (AvgIpc) is 3.50. The summed E-state index contributed by atoms with van der Waals surface area (Å²) >= 11 is 0. The molecule has 0 aliphatic heterocycles. The third-order valence-electron chi connectivity index (χ3n) is 5.64. The Morgan fingerprint density at radius 2 is 1.75 bits per heavy atom. The lowest BCUT2D eigenvalue weighted by Gasteiger charge is -2.10. The molecule has 3 N–H and O–H groups in total. The Balaban J connectivity index is 1.80. The van der Waals surface area contributed by atoms with Crippen molar-refractivity contribution in [1.29, 1.82) is 5.26 Å². The maximum atomic E-state index is 13.9. The van der Waals surface area contributed by atoms with Crippen LogP contribution in [0.1, 0.15) is 17.0 Å². The second-order valence-electron chi connectivity index (χ2n) is 8.18. The van der Waals surface area contributed by atoms with E-state index in [0.29, 0.717) is 33.9 Å². The molecule has 14 nitrogen and oxygen atoms in total. The molecule has 0 atom stereocenters. The Kier molecular flexibility index (Phi) is 6.03. The van der Waals surface area contributed by atoms with E-state index >= 15 is 0 Å². The lowest BCUT2D eigenvalue weighted by atomic mass is 10.2. The van der Waals surface area contributed by atoms with Crippen LogP contribution in [0.3, 0.4) is 0 Å². The number of halogens is 3. The molecule has 0 spiro atoms. The number of imidazole rings is 1. The summed E-state index contributed by atoms with van der Waals surface area (Å²) in [5.41, 5.74) is -2.92. The fourth-order valence-electron chi connectivity index (χ4n) is 3.91. The first-order valence-corrected chi connectivity index (χ1v) is 13.6. The lowest BCUT2D eigenvalue weighted by molar-refractivity contribution is -0.140. The van der Waals surface area contributed by atoms with Gasteiger partial charge < -0.3 is 0 Å². The van der Waals surface area contributed by atoms with Gasteiger partial charge in [-0.05, 0) is 37.3 Å². The number of benzene rings is 2. The maximum Gasteiger partial charge on any atom is 0.435 e. The van der Waals surface area contributed by atoms with E-state index in [0.717, 1.165) is 4.52 Å². The molecule has 0 unspecified atom stereocenters. The van der Waals surface area contributed by atoms with Crippen molar-refractivity contribution in [1.82, 2.24) is 24.4 Å². The predicted molar refractivity (Wildman–Crippen MR) is 129 cm³/mol. The van der Waals surface area contributed by atoms with E-state index in [9.17, 15) is 44.4 Å². The van der Waals surface area contributed by atoms with Crippen LogP contribution in [-0.4, -0.2) is 50.3 Å². The van der Waals surface area contributed by atoms with Crippen molar-refractivity contribution in [3.63, 3.8) is 0 Å². The summed E-state index contributed by atoms with van der Waals surface area (Å²) in [6.45, 7) is 1.28. The van der Waals surface area contributed by atoms with Gasteiger partial charge in [-0.15, -0.1) is 10.2 Å². The summed E-state index contributed by atoms with van der Waals surface area (Å²) in [6.07, 6.45) is -4.95. The molecule has 19 heteroatoms. The molecular formula is C21H13F3N8O6S2. The fourth-order valence-corrected chi connectivity index (χ4v) is 5.06.